The van der Waals surface area contributed by atoms with Crippen LogP contribution in [0.15, 0.2) is 48.5 Å². The maximum absolute atomic E-state index is 11.2. The van der Waals surface area contributed by atoms with Crippen LogP contribution in [-0.2, 0) is 6.42 Å². The van der Waals surface area contributed by atoms with Crippen molar-refractivity contribution in [1.82, 2.24) is 0 Å². The van der Waals surface area contributed by atoms with Crippen molar-refractivity contribution in [3.63, 3.8) is 0 Å². The standard InChI is InChI=1S/C16H16N2O3/c19-11-16-13-6-2-1-5-12(13)9-10-17(16)14-7-3-4-8-15(14)18(20)21/h1-8,16,19H,9-11H2. The minimum Gasteiger partial charge on any atom is -0.394 e. The van der Waals surface area contributed by atoms with E-state index in [2.05, 4.69) is 6.07 Å². The number of para-hydroxylation sites is 2. The van der Waals surface area contributed by atoms with E-state index in [0.29, 0.717) is 12.2 Å². The first kappa shape index (κ1) is 13.6. The lowest BCUT2D eigenvalue weighted by molar-refractivity contribution is -0.384. The van der Waals surface area contributed by atoms with Gasteiger partial charge in [0.2, 0.25) is 0 Å². The van der Waals surface area contributed by atoms with E-state index in [0.717, 1.165) is 12.0 Å². The van der Waals surface area contributed by atoms with Crippen LogP contribution in [0.5, 0.6) is 0 Å². The highest BCUT2D eigenvalue weighted by Crippen LogP contribution is 2.37. The second-order valence-electron chi connectivity index (χ2n) is 5.09. The Kier molecular flexibility index (Phi) is 3.58. The number of fused-ring (bicyclic) bond motifs is 1. The van der Waals surface area contributed by atoms with E-state index in [-0.39, 0.29) is 23.3 Å². The molecule has 0 aliphatic carbocycles. The molecule has 1 N–H and O–H groups in total. The van der Waals surface area contributed by atoms with Crippen LogP contribution in [-0.4, -0.2) is 23.2 Å². The molecule has 0 saturated carbocycles. The molecular formula is C16H16N2O3. The molecule has 2 aromatic carbocycles. The number of anilines is 1. The summed E-state index contributed by atoms with van der Waals surface area (Å²) in [5.74, 6) is 0. The molecular weight excluding hydrogens is 268 g/mol. The Morgan fingerprint density at radius 2 is 1.90 bits per heavy atom. The third-order valence-corrected chi connectivity index (χ3v) is 3.97. The van der Waals surface area contributed by atoms with Crippen LogP contribution < -0.4 is 4.90 Å². The van der Waals surface area contributed by atoms with E-state index in [9.17, 15) is 15.2 Å². The summed E-state index contributed by atoms with van der Waals surface area (Å²) in [5.41, 5.74) is 2.89. The molecule has 108 valence electrons. The molecule has 1 atom stereocenters. The number of nitro groups is 1. The smallest absolute Gasteiger partial charge is 0.292 e. The van der Waals surface area contributed by atoms with Crippen molar-refractivity contribution in [3.8, 4) is 0 Å². The number of aliphatic hydroxyl groups is 1. The Morgan fingerprint density at radius 3 is 2.67 bits per heavy atom. The Hall–Kier alpha value is -2.40. The summed E-state index contributed by atoms with van der Waals surface area (Å²) >= 11 is 0. The van der Waals surface area contributed by atoms with Crippen molar-refractivity contribution in [1.29, 1.82) is 0 Å². The zero-order valence-electron chi connectivity index (χ0n) is 11.5. The monoisotopic (exact) mass is 284 g/mol. The van der Waals surface area contributed by atoms with Gasteiger partial charge in [-0.15, -0.1) is 0 Å². The molecule has 5 heteroatoms. The maximum atomic E-state index is 11.2. The van der Waals surface area contributed by atoms with Crippen LogP contribution in [0.3, 0.4) is 0 Å². The molecule has 1 heterocycles. The Morgan fingerprint density at radius 1 is 1.19 bits per heavy atom. The fraction of sp³-hybridized carbons (Fsp3) is 0.250. The number of hydrogen-bond donors (Lipinski definition) is 1. The third kappa shape index (κ3) is 2.36. The first-order chi connectivity index (χ1) is 10.2. The van der Waals surface area contributed by atoms with Crippen molar-refractivity contribution in [2.24, 2.45) is 0 Å². The molecule has 5 nitrogen and oxygen atoms in total. The molecule has 0 spiro atoms. The van der Waals surface area contributed by atoms with Gasteiger partial charge in [0, 0.05) is 12.6 Å². The molecule has 1 aliphatic rings. The van der Waals surface area contributed by atoms with Crippen molar-refractivity contribution < 1.29 is 10.0 Å². The Labute approximate surface area is 122 Å². The number of rotatable bonds is 3. The van der Waals surface area contributed by atoms with Gasteiger partial charge in [-0.2, -0.15) is 0 Å². The lowest BCUT2D eigenvalue weighted by Gasteiger charge is -2.37. The SMILES string of the molecule is O=[N+]([O-])c1ccccc1N1CCc2ccccc2C1CO. The molecule has 2 aromatic rings. The van der Waals surface area contributed by atoms with Gasteiger partial charge in [0.25, 0.3) is 5.69 Å². The average Bonchev–Trinajstić information content (AvgIpc) is 2.53. The summed E-state index contributed by atoms with van der Waals surface area (Å²) in [5, 5.41) is 21.0. The molecule has 0 aromatic heterocycles. The van der Waals surface area contributed by atoms with E-state index >= 15 is 0 Å². The zero-order chi connectivity index (χ0) is 14.8. The van der Waals surface area contributed by atoms with E-state index in [1.807, 2.05) is 23.1 Å². The van der Waals surface area contributed by atoms with Crippen molar-refractivity contribution in [2.75, 3.05) is 18.1 Å². The molecule has 3 rings (SSSR count). The Bertz CT molecular complexity index is 672. The topological polar surface area (TPSA) is 66.6 Å². The van der Waals surface area contributed by atoms with E-state index in [1.54, 1.807) is 18.2 Å². The quantitative estimate of drug-likeness (QED) is 0.695. The first-order valence-electron chi connectivity index (χ1n) is 6.91. The second-order valence-corrected chi connectivity index (χ2v) is 5.09. The van der Waals surface area contributed by atoms with Gasteiger partial charge in [-0.1, -0.05) is 36.4 Å². The second kappa shape index (κ2) is 5.54. The lowest BCUT2D eigenvalue weighted by atomic mass is 9.92. The molecule has 0 fully saturated rings. The van der Waals surface area contributed by atoms with E-state index in [4.69, 9.17) is 0 Å². The molecule has 0 radical (unpaired) electrons. The van der Waals surface area contributed by atoms with Gasteiger partial charge in [0.1, 0.15) is 5.69 Å². The lowest BCUT2D eigenvalue weighted by Crippen LogP contribution is -2.37. The normalized spacial score (nSPS) is 17.4. The minimum atomic E-state index is -0.371. The maximum Gasteiger partial charge on any atom is 0.292 e. The third-order valence-electron chi connectivity index (χ3n) is 3.97. The van der Waals surface area contributed by atoms with E-state index < -0.39 is 0 Å². The highest BCUT2D eigenvalue weighted by molar-refractivity contribution is 5.65. The highest BCUT2D eigenvalue weighted by atomic mass is 16.6. The largest absolute Gasteiger partial charge is 0.394 e. The van der Waals surface area contributed by atoms with Gasteiger partial charge < -0.3 is 10.0 Å². The Balaban J connectivity index is 2.06. The molecule has 1 unspecified atom stereocenters. The van der Waals surface area contributed by atoms with Crippen LogP contribution in [0, 0.1) is 10.1 Å². The fourth-order valence-electron chi connectivity index (χ4n) is 3.00. The summed E-state index contributed by atoms with van der Waals surface area (Å²) in [6, 6.07) is 14.4. The van der Waals surface area contributed by atoms with Gasteiger partial charge in [0.15, 0.2) is 0 Å². The summed E-state index contributed by atoms with van der Waals surface area (Å²) in [6.45, 7) is 0.593. The summed E-state index contributed by atoms with van der Waals surface area (Å²) in [7, 11) is 0. The molecule has 21 heavy (non-hydrogen) atoms. The molecule has 0 saturated heterocycles. The number of hydrogen-bond acceptors (Lipinski definition) is 4. The number of benzene rings is 2. The predicted molar refractivity (Wildman–Crippen MR) is 80.4 cm³/mol. The number of nitrogens with zero attached hydrogens (tertiary/aromatic N) is 2. The highest BCUT2D eigenvalue weighted by Gasteiger charge is 2.30. The van der Waals surface area contributed by atoms with Gasteiger partial charge in [0.05, 0.1) is 17.6 Å². The van der Waals surface area contributed by atoms with Crippen LogP contribution in [0.2, 0.25) is 0 Å². The van der Waals surface area contributed by atoms with Crippen molar-refractivity contribution in [3.05, 3.63) is 69.8 Å². The van der Waals surface area contributed by atoms with Crippen LogP contribution in [0.25, 0.3) is 0 Å². The van der Waals surface area contributed by atoms with Gasteiger partial charge >= 0.3 is 0 Å². The number of aliphatic hydroxyl groups excluding tert-OH is 1. The van der Waals surface area contributed by atoms with Gasteiger partial charge in [-0.25, -0.2) is 0 Å². The minimum absolute atomic E-state index is 0.0664. The van der Waals surface area contributed by atoms with Crippen LogP contribution in [0.4, 0.5) is 11.4 Å². The fourth-order valence-corrected chi connectivity index (χ4v) is 3.00. The summed E-state index contributed by atoms with van der Waals surface area (Å²) in [6.07, 6.45) is 0.818. The van der Waals surface area contributed by atoms with Gasteiger partial charge in [-0.05, 0) is 23.6 Å². The van der Waals surface area contributed by atoms with Crippen molar-refractivity contribution in [2.45, 2.75) is 12.5 Å². The van der Waals surface area contributed by atoms with Crippen LogP contribution in [0.1, 0.15) is 17.2 Å². The average molecular weight is 284 g/mol. The predicted octanol–water partition coefficient (Wildman–Crippen LogP) is 2.69. The van der Waals surface area contributed by atoms with Gasteiger partial charge in [-0.3, -0.25) is 10.1 Å². The van der Waals surface area contributed by atoms with Crippen molar-refractivity contribution >= 4 is 11.4 Å². The molecule has 0 bridgehead atoms. The number of nitro benzene ring substituents is 1. The zero-order valence-corrected chi connectivity index (χ0v) is 11.5. The first-order valence-corrected chi connectivity index (χ1v) is 6.91. The molecule has 0 amide bonds. The van der Waals surface area contributed by atoms with E-state index in [1.165, 1.54) is 11.6 Å². The molecule has 1 aliphatic heterocycles. The van der Waals surface area contributed by atoms with Crippen LogP contribution >= 0.6 is 0 Å². The summed E-state index contributed by atoms with van der Waals surface area (Å²) < 4.78 is 0. The summed E-state index contributed by atoms with van der Waals surface area (Å²) in [4.78, 5) is 12.8.